The maximum Gasteiger partial charge on any atom is 0.304 e. The molecule has 0 spiro atoms. The minimum Gasteiger partial charge on any atom is -0.481 e. The van der Waals surface area contributed by atoms with Crippen LogP contribution in [0.15, 0.2) is 0 Å². The largest absolute Gasteiger partial charge is 0.481 e. The van der Waals surface area contributed by atoms with Crippen molar-refractivity contribution < 1.29 is 23.1 Å². The number of carboxylic acid groups (broad SMARTS) is 1. The molecular weight excluding hydrogens is 282 g/mol. The standard InChI is InChI=1S/C13H25NO5S/c1-11(2)3-6-19-7-4-14-5-8-20(17,18)10-12(14)9-13(15)16/h11-12H,3-10H2,1-2H3,(H,15,16). The molecule has 1 rings (SSSR count). The highest BCUT2D eigenvalue weighted by molar-refractivity contribution is 7.91. The average molecular weight is 307 g/mol. The van der Waals surface area contributed by atoms with Crippen molar-refractivity contribution in [1.29, 1.82) is 0 Å². The summed E-state index contributed by atoms with van der Waals surface area (Å²) in [5, 5.41) is 8.87. The Morgan fingerprint density at radius 1 is 1.40 bits per heavy atom. The van der Waals surface area contributed by atoms with Gasteiger partial charge in [0.15, 0.2) is 9.84 Å². The molecule has 0 aromatic heterocycles. The van der Waals surface area contributed by atoms with Crippen molar-refractivity contribution in [2.24, 2.45) is 5.92 Å². The Hall–Kier alpha value is -0.660. The van der Waals surface area contributed by atoms with E-state index in [-0.39, 0.29) is 17.9 Å². The molecule has 1 aliphatic rings. The highest BCUT2D eigenvalue weighted by Crippen LogP contribution is 2.14. The topological polar surface area (TPSA) is 83.9 Å². The van der Waals surface area contributed by atoms with Gasteiger partial charge in [0.2, 0.25) is 0 Å². The molecule has 1 atom stereocenters. The van der Waals surface area contributed by atoms with Gasteiger partial charge in [-0.2, -0.15) is 0 Å². The first kappa shape index (κ1) is 17.4. The molecule has 7 heteroatoms. The van der Waals surface area contributed by atoms with E-state index in [2.05, 4.69) is 13.8 Å². The lowest BCUT2D eigenvalue weighted by molar-refractivity contribution is -0.138. The summed E-state index contributed by atoms with van der Waals surface area (Å²) in [7, 11) is -3.10. The van der Waals surface area contributed by atoms with Crippen molar-refractivity contribution in [2.45, 2.75) is 32.7 Å². The lowest BCUT2D eigenvalue weighted by Crippen LogP contribution is -2.50. The summed E-state index contributed by atoms with van der Waals surface area (Å²) >= 11 is 0. The van der Waals surface area contributed by atoms with E-state index in [9.17, 15) is 13.2 Å². The molecule has 0 radical (unpaired) electrons. The zero-order valence-electron chi connectivity index (χ0n) is 12.2. The Morgan fingerprint density at radius 3 is 2.70 bits per heavy atom. The molecule has 1 fully saturated rings. The van der Waals surface area contributed by atoms with Crippen molar-refractivity contribution in [3.05, 3.63) is 0 Å². The molecule has 1 aliphatic heterocycles. The third kappa shape index (κ3) is 6.67. The molecule has 20 heavy (non-hydrogen) atoms. The number of sulfone groups is 1. The van der Waals surface area contributed by atoms with Crippen molar-refractivity contribution in [3.63, 3.8) is 0 Å². The maximum atomic E-state index is 11.6. The van der Waals surface area contributed by atoms with E-state index >= 15 is 0 Å². The predicted molar refractivity (Wildman–Crippen MR) is 76.5 cm³/mol. The first-order chi connectivity index (χ1) is 9.30. The van der Waals surface area contributed by atoms with E-state index in [0.717, 1.165) is 6.42 Å². The number of nitrogens with zero attached hydrogens (tertiary/aromatic N) is 1. The molecule has 0 aliphatic carbocycles. The fraction of sp³-hybridized carbons (Fsp3) is 0.923. The molecule has 0 saturated carbocycles. The van der Waals surface area contributed by atoms with Crippen molar-refractivity contribution in [1.82, 2.24) is 4.90 Å². The molecule has 1 heterocycles. The van der Waals surface area contributed by atoms with Gasteiger partial charge in [-0.15, -0.1) is 0 Å². The van der Waals surface area contributed by atoms with E-state index < -0.39 is 21.8 Å². The van der Waals surface area contributed by atoms with Crippen LogP contribution in [-0.4, -0.2) is 68.2 Å². The van der Waals surface area contributed by atoms with Gasteiger partial charge in [0.1, 0.15) is 0 Å². The number of rotatable bonds is 8. The second-order valence-electron chi connectivity index (χ2n) is 5.70. The van der Waals surface area contributed by atoms with E-state index in [1.165, 1.54) is 0 Å². The van der Waals surface area contributed by atoms with Gasteiger partial charge < -0.3 is 9.84 Å². The quantitative estimate of drug-likeness (QED) is 0.662. The summed E-state index contributed by atoms with van der Waals surface area (Å²) in [6.45, 7) is 6.44. The van der Waals surface area contributed by atoms with Gasteiger partial charge in [-0.3, -0.25) is 9.69 Å². The van der Waals surface area contributed by atoms with E-state index in [4.69, 9.17) is 9.84 Å². The van der Waals surface area contributed by atoms with Gasteiger partial charge in [-0.25, -0.2) is 8.42 Å². The zero-order chi connectivity index (χ0) is 15.2. The van der Waals surface area contributed by atoms with Crippen LogP contribution in [0, 0.1) is 5.92 Å². The van der Waals surface area contributed by atoms with Crippen LogP contribution in [0.1, 0.15) is 26.7 Å². The highest BCUT2D eigenvalue weighted by Gasteiger charge is 2.32. The Balaban J connectivity index is 2.39. The van der Waals surface area contributed by atoms with Crippen LogP contribution >= 0.6 is 0 Å². The first-order valence-corrected chi connectivity index (χ1v) is 8.86. The first-order valence-electron chi connectivity index (χ1n) is 7.04. The fourth-order valence-electron chi connectivity index (χ4n) is 2.21. The third-order valence-electron chi connectivity index (χ3n) is 3.42. The number of hydrogen-bond donors (Lipinski definition) is 1. The number of carboxylic acids is 1. The van der Waals surface area contributed by atoms with Gasteiger partial charge in [0.25, 0.3) is 0 Å². The monoisotopic (exact) mass is 307 g/mol. The van der Waals surface area contributed by atoms with Crippen molar-refractivity contribution in [3.8, 4) is 0 Å². The predicted octanol–water partition coefficient (Wildman–Crippen LogP) is 0.623. The SMILES string of the molecule is CC(C)CCOCCN1CCS(=O)(=O)CC1CC(=O)O. The second kappa shape index (κ2) is 7.95. The van der Waals surface area contributed by atoms with E-state index in [1.807, 2.05) is 4.90 Å². The summed E-state index contributed by atoms with van der Waals surface area (Å²) < 4.78 is 28.7. The maximum absolute atomic E-state index is 11.6. The summed E-state index contributed by atoms with van der Waals surface area (Å²) in [6, 6.07) is -0.431. The summed E-state index contributed by atoms with van der Waals surface area (Å²) in [5.74, 6) is -0.326. The zero-order valence-corrected chi connectivity index (χ0v) is 13.1. The Kier molecular flexibility index (Phi) is 6.91. The Morgan fingerprint density at radius 2 is 2.10 bits per heavy atom. The Labute approximate surface area is 121 Å². The number of hydrogen-bond acceptors (Lipinski definition) is 5. The summed E-state index contributed by atoms with van der Waals surface area (Å²) in [5.41, 5.74) is 0. The summed E-state index contributed by atoms with van der Waals surface area (Å²) in [6.07, 6.45) is 0.859. The van der Waals surface area contributed by atoms with E-state index in [1.54, 1.807) is 0 Å². The minimum absolute atomic E-state index is 0.0642. The van der Waals surface area contributed by atoms with Gasteiger partial charge >= 0.3 is 5.97 Å². The van der Waals surface area contributed by atoms with Gasteiger partial charge in [0.05, 0.1) is 24.5 Å². The molecule has 6 nitrogen and oxygen atoms in total. The number of aliphatic carboxylic acids is 1. The van der Waals surface area contributed by atoms with Crippen LogP contribution in [0.2, 0.25) is 0 Å². The lowest BCUT2D eigenvalue weighted by atomic mass is 10.1. The molecular formula is C13H25NO5S. The third-order valence-corrected chi connectivity index (χ3v) is 5.12. The molecule has 0 amide bonds. The highest BCUT2D eigenvalue weighted by atomic mass is 32.2. The van der Waals surface area contributed by atoms with Gasteiger partial charge in [0, 0.05) is 25.7 Å². The molecule has 118 valence electrons. The fourth-order valence-corrected chi connectivity index (χ4v) is 3.80. The molecule has 1 N–H and O–H groups in total. The number of carbonyl (C=O) groups is 1. The van der Waals surface area contributed by atoms with Crippen LogP contribution in [0.25, 0.3) is 0 Å². The number of ether oxygens (including phenoxy) is 1. The second-order valence-corrected chi connectivity index (χ2v) is 7.93. The molecule has 0 bridgehead atoms. The molecule has 1 unspecified atom stereocenters. The van der Waals surface area contributed by atoms with Crippen LogP contribution < -0.4 is 0 Å². The normalized spacial score (nSPS) is 23.1. The molecule has 0 aromatic rings. The van der Waals surface area contributed by atoms with E-state index in [0.29, 0.717) is 32.2 Å². The van der Waals surface area contributed by atoms with Gasteiger partial charge in [-0.1, -0.05) is 13.8 Å². The molecule has 1 saturated heterocycles. The molecule has 0 aromatic carbocycles. The van der Waals surface area contributed by atoms with Crippen LogP contribution in [0.4, 0.5) is 0 Å². The van der Waals surface area contributed by atoms with Crippen LogP contribution in [0.5, 0.6) is 0 Å². The van der Waals surface area contributed by atoms with Crippen LogP contribution in [-0.2, 0) is 19.4 Å². The van der Waals surface area contributed by atoms with Crippen molar-refractivity contribution >= 4 is 15.8 Å². The van der Waals surface area contributed by atoms with Crippen molar-refractivity contribution in [2.75, 3.05) is 37.8 Å². The van der Waals surface area contributed by atoms with Gasteiger partial charge in [-0.05, 0) is 12.3 Å². The Bertz CT molecular complexity index is 407. The van der Waals surface area contributed by atoms with Crippen LogP contribution in [0.3, 0.4) is 0 Å². The minimum atomic E-state index is -3.10. The lowest BCUT2D eigenvalue weighted by Gasteiger charge is -2.34. The smallest absolute Gasteiger partial charge is 0.304 e. The summed E-state index contributed by atoms with van der Waals surface area (Å²) in [4.78, 5) is 12.7. The average Bonchev–Trinajstić information content (AvgIpc) is 2.29.